The number of aromatic nitrogens is 2. The number of hydrogen-bond acceptors (Lipinski definition) is 7. The Hall–Kier alpha value is -1.06. The summed E-state index contributed by atoms with van der Waals surface area (Å²) in [4.78, 5) is 22.7. The fraction of sp³-hybridized carbons (Fsp3) is 0.455. The van der Waals surface area contributed by atoms with Crippen LogP contribution in [-0.4, -0.2) is 40.2 Å². The van der Waals surface area contributed by atoms with Gasteiger partial charge >= 0.3 is 6.03 Å². The van der Waals surface area contributed by atoms with Gasteiger partial charge in [0.2, 0.25) is 5.91 Å². The largest absolute Gasteiger partial charge is 0.341 e. The zero-order valence-electron chi connectivity index (χ0n) is 11.4. The van der Waals surface area contributed by atoms with Crippen LogP contribution < -0.4 is 10.6 Å². The van der Waals surface area contributed by atoms with Crippen molar-refractivity contribution < 1.29 is 9.59 Å². The molecule has 0 aliphatic heterocycles. The van der Waals surface area contributed by atoms with E-state index in [9.17, 15) is 9.59 Å². The monoisotopic (exact) mass is 332 g/mol. The number of carbonyl (C=O) groups is 2. The molecule has 20 heavy (non-hydrogen) atoms. The first-order valence-corrected chi connectivity index (χ1v) is 8.40. The number of imide groups is 1. The van der Waals surface area contributed by atoms with Gasteiger partial charge in [-0.25, -0.2) is 4.79 Å². The van der Waals surface area contributed by atoms with E-state index in [-0.39, 0.29) is 5.91 Å². The van der Waals surface area contributed by atoms with E-state index in [4.69, 9.17) is 0 Å². The lowest BCUT2D eigenvalue weighted by molar-refractivity contribution is -0.119. The third-order valence-corrected chi connectivity index (χ3v) is 5.41. The lowest BCUT2D eigenvalue weighted by Gasteiger charge is -2.08. The van der Waals surface area contributed by atoms with Crippen molar-refractivity contribution in [3.8, 4) is 0 Å². The standard InChI is InChI=1S/C11H16N4O2S3/c1-6(2)5-18-10-14-15-11(20-10)19-7(3)8(16)13-9(17)12-4/h7H,1,5H2,2-4H3,(H2,12,13,16,17)/t7-/m1/s1. The smallest absolute Gasteiger partial charge is 0.321 e. The number of rotatable bonds is 6. The first kappa shape index (κ1) is 17.0. The molecule has 0 unspecified atom stereocenters. The van der Waals surface area contributed by atoms with Crippen LogP contribution in [0.4, 0.5) is 4.79 Å². The summed E-state index contributed by atoms with van der Waals surface area (Å²) in [5.74, 6) is 0.437. The Labute approximate surface area is 130 Å². The van der Waals surface area contributed by atoms with Gasteiger partial charge in [0, 0.05) is 12.8 Å². The Balaban J connectivity index is 2.49. The zero-order valence-corrected chi connectivity index (χ0v) is 13.9. The van der Waals surface area contributed by atoms with Gasteiger partial charge in [-0.1, -0.05) is 47.0 Å². The van der Waals surface area contributed by atoms with Gasteiger partial charge in [-0.3, -0.25) is 10.1 Å². The Morgan fingerprint density at radius 2 is 2.05 bits per heavy atom. The van der Waals surface area contributed by atoms with Crippen molar-refractivity contribution in [1.82, 2.24) is 20.8 Å². The number of nitrogens with one attached hydrogen (secondary N) is 2. The van der Waals surface area contributed by atoms with E-state index in [0.29, 0.717) is 4.34 Å². The van der Waals surface area contributed by atoms with E-state index in [1.807, 2.05) is 6.92 Å². The van der Waals surface area contributed by atoms with Crippen LogP contribution in [0.15, 0.2) is 20.8 Å². The maximum Gasteiger partial charge on any atom is 0.321 e. The molecule has 1 aromatic heterocycles. The number of urea groups is 1. The number of carbonyl (C=O) groups excluding carboxylic acids is 2. The van der Waals surface area contributed by atoms with Crippen LogP contribution in [0.2, 0.25) is 0 Å². The molecule has 0 aliphatic rings. The van der Waals surface area contributed by atoms with E-state index < -0.39 is 11.3 Å². The third-order valence-electron chi connectivity index (χ3n) is 1.94. The lowest BCUT2D eigenvalue weighted by atomic mass is 10.4. The summed E-state index contributed by atoms with van der Waals surface area (Å²) in [6.45, 7) is 7.49. The first-order valence-electron chi connectivity index (χ1n) is 5.72. The molecule has 1 aromatic rings. The molecule has 9 heteroatoms. The van der Waals surface area contributed by atoms with Crippen molar-refractivity contribution in [1.29, 1.82) is 0 Å². The molecule has 0 fully saturated rings. The Kier molecular flexibility index (Phi) is 7.03. The quantitative estimate of drug-likeness (QED) is 0.613. The maximum absolute atomic E-state index is 11.7. The van der Waals surface area contributed by atoms with Crippen LogP contribution in [0.5, 0.6) is 0 Å². The average molecular weight is 332 g/mol. The van der Waals surface area contributed by atoms with Gasteiger partial charge < -0.3 is 5.32 Å². The molecular formula is C11H16N4O2S3. The van der Waals surface area contributed by atoms with E-state index >= 15 is 0 Å². The van der Waals surface area contributed by atoms with Crippen molar-refractivity contribution in [2.45, 2.75) is 27.8 Å². The molecule has 6 nitrogen and oxygen atoms in total. The van der Waals surface area contributed by atoms with Crippen molar-refractivity contribution in [2.75, 3.05) is 12.8 Å². The summed E-state index contributed by atoms with van der Waals surface area (Å²) in [6, 6.07) is -0.516. The first-order chi connectivity index (χ1) is 9.42. The second kappa shape index (κ2) is 8.28. The summed E-state index contributed by atoms with van der Waals surface area (Å²) < 4.78 is 1.54. The predicted molar refractivity (Wildman–Crippen MR) is 83.4 cm³/mol. The second-order valence-corrected chi connectivity index (χ2v) is 7.70. The highest BCUT2D eigenvalue weighted by atomic mass is 32.2. The molecular weight excluding hydrogens is 316 g/mol. The van der Waals surface area contributed by atoms with Gasteiger partial charge in [-0.2, -0.15) is 0 Å². The summed E-state index contributed by atoms with van der Waals surface area (Å²) >= 11 is 4.27. The van der Waals surface area contributed by atoms with Gasteiger partial charge in [0.1, 0.15) is 0 Å². The minimum atomic E-state index is -0.516. The molecule has 3 amide bonds. The van der Waals surface area contributed by atoms with Gasteiger partial charge in [-0.15, -0.1) is 10.2 Å². The molecule has 0 saturated heterocycles. The average Bonchev–Trinajstić information content (AvgIpc) is 2.83. The van der Waals surface area contributed by atoms with Crippen molar-refractivity contribution in [2.24, 2.45) is 0 Å². The molecule has 0 saturated carbocycles. The summed E-state index contributed by atoms with van der Waals surface area (Å²) in [7, 11) is 1.45. The summed E-state index contributed by atoms with van der Waals surface area (Å²) in [5, 5.41) is 12.2. The van der Waals surface area contributed by atoms with Crippen molar-refractivity contribution in [3.63, 3.8) is 0 Å². The van der Waals surface area contributed by atoms with Crippen LogP contribution in [0.1, 0.15) is 13.8 Å². The number of amides is 3. The number of nitrogens with zero attached hydrogens (tertiary/aromatic N) is 2. The Bertz CT molecular complexity index is 504. The fourth-order valence-electron chi connectivity index (χ4n) is 0.969. The van der Waals surface area contributed by atoms with E-state index in [1.165, 1.54) is 30.1 Å². The van der Waals surface area contributed by atoms with Gasteiger partial charge in [0.05, 0.1) is 5.25 Å². The van der Waals surface area contributed by atoms with Crippen LogP contribution >= 0.6 is 34.9 Å². The van der Waals surface area contributed by atoms with E-state index in [0.717, 1.165) is 15.7 Å². The molecule has 0 bridgehead atoms. The Morgan fingerprint density at radius 1 is 1.40 bits per heavy atom. The van der Waals surface area contributed by atoms with Gasteiger partial charge in [0.15, 0.2) is 8.68 Å². The maximum atomic E-state index is 11.7. The molecule has 0 spiro atoms. The molecule has 0 aromatic carbocycles. The summed E-state index contributed by atoms with van der Waals surface area (Å²) in [6.07, 6.45) is 0. The zero-order chi connectivity index (χ0) is 15.1. The van der Waals surface area contributed by atoms with Crippen molar-refractivity contribution in [3.05, 3.63) is 12.2 Å². The molecule has 110 valence electrons. The molecule has 2 N–H and O–H groups in total. The molecule has 1 atom stereocenters. The highest BCUT2D eigenvalue weighted by Gasteiger charge is 2.18. The summed E-state index contributed by atoms with van der Waals surface area (Å²) in [5.41, 5.74) is 1.07. The lowest BCUT2D eigenvalue weighted by Crippen LogP contribution is -2.41. The number of thioether (sulfide) groups is 2. The predicted octanol–water partition coefficient (Wildman–Crippen LogP) is 2.14. The van der Waals surface area contributed by atoms with Crippen LogP contribution in [0.25, 0.3) is 0 Å². The molecule has 1 rings (SSSR count). The minimum Gasteiger partial charge on any atom is -0.341 e. The SMILES string of the molecule is C=C(C)CSc1nnc(S[C@H](C)C(=O)NC(=O)NC)s1. The highest BCUT2D eigenvalue weighted by molar-refractivity contribution is 8.04. The van der Waals surface area contributed by atoms with Crippen LogP contribution in [0.3, 0.4) is 0 Å². The van der Waals surface area contributed by atoms with Gasteiger partial charge in [0.25, 0.3) is 0 Å². The molecule has 0 radical (unpaired) electrons. The minimum absolute atomic E-state index is 0.360. The molecule has 1 heterocycles. The number of hydrogen-bond donors (Lipinski definition) is 2. The fourth-order valence-corrected chi connectivity index (χ4v) is 3.98. The van der Waals surface area contributed by atoms with Gasteiger partial charge in [-0.05, 0) is 13.8 Å². The van der Waals surface area contributed by atoms with E-state index in [1.54, 1.807) is 18.7 Å². The van der Waals surface area contributed by atoms with Crippen LogP contribution in [-0.2, 0) is 4.79 Å². The third kappa shape index (κ3) is 5.93. The van der Waals surface area contributed by atoms with E-state index in [2.05, 4.69) is 27.4 Å². The second-order valence-electron chi connectivity index (χ2n) is 3.91. The molecule has 0 aliphatic carbocycles. The normalized spacial score (nSPS) is 11.8. The Morgan fingerprint density at radius 3 is 2.65 bits per heavy atom. The van der Waals surface area contributed by atoms with Crippen molar-refractivity contribution >= 4 is 46.8 Å². The van der Waals surface area contributed by atoms with Crippen LogP contribution in [0, 0.1) is 0 Å². The topological polar surface area (TPSA) is 84.0 Å². The highest BCUT2D eigenvalue weighted by Crippen LogP contribution is 2.31.